The van der Waals surface area contributed by atoms with Gasteiger partial charge in [-0.3, -0.25) is 0 Å². The first kappa shape index (κ1) is 12.9. The minimum absolute atomic E-state index is 0.280. The molecule has 1 aromatic carbocycles. The van der Waals surface area contributed by atoms with Crippen LogP contribution in [-0.4, -0.2) is 6.54 Å². The van der Waals surface area contributed by atoms with Crippen LogP contribution in [0.1, 0.15) is 56.4 Å². The van der Waals surface area contributed by atoms with Gasteiger partial charge in [0, 0.05) is 18.5 Å². The minimum Gasteiger partial charge on any atom is -0.382 e. The van der Waals surface area contributed by atoms with Crippen LogP contribution in [0.15, 0.2) is 12.1 Å². The molecule has 1 fully saturated rings. The topological polar surface area (TPSA) is 12.0 Å². The van der Waals surface area contributed by atoms with Crippen molar-refractivity contribution < 1.29 is 8.78 Å². The third-order valence-electron chi connectivity index (χ3n) is 4.70. The monoisotopic (exact) mass is 265 g/mol. The highest BCUT2D eigenvalue weighted by Crippen LogP contribution is 2.38. The second kappa shape index (κ2) is 5.48. The van der Waals surface area contributed by atoms with Crippen molar-refractivity contribution in [1.29, 1.82) is 0 Å². The zero-order chi connectivity index (χ0) is 13.2. The van der Waals surface area contributed by atoms with Crippen LogP contribution in [0.2, 0.25) is 0 Å². The van der Waals surface area contributed by atoms with E-state index in [4.69, 9.17) is 0 Å². The summed E-state index contributed by atoms with van der Waals surface area (Å²) >= 11 is 0. The Balaban J connectivity index is 1.65. The molecule has 0 radical (unpaired) electrons. The van der Waals surface area contributed by atoms with Crippen LogP contribution in [0.3, 0.4) is 0 Å². The third-order valence-corrected chi connectivity index (χ3v) is 4.70. The second-order valence-electron chi connectivity index (χ2n) is 6.01. The molecule has 3 heteroatoms. The Bertz CT molecular complexity index is 452. The molecular formula is C16H21F2N. The van der Waals surface area contributed by atoms with E-state index in [1.807, 2.05) is 0 Å². The summed E-state index contributed by atoms with van der Waals surface area (Å²) in [4.78, 5) is 0. The van der Waals surface area contributed by atoms with Gasteiger partial charge in [0.15, 0.2) is 0 Å². The van der Waals surface area contributed by atoms with Crippen molar-refractivity contribution in [3.63, 3.8) is 0 Å². The van der Waals surface area contributed by atoms with Crippen LogP contribution in [0.4, 0.5) is 14.5 Å². The summed E-state index contributed by atoms with van der Waals surface area (Å²) in [5.41, 5.74) is 1.36. The van der Waals surface area contributed by atoms with Gasteiger partial charge in [0.05, 0.1) is 5.69 Å². The second-order valence-corrected chi connectivity index (χ2v) is 6.01. The number of hydrogen-bond donors (Lipinski definition) is 1. The van der Waals surface area contributed by atoms with Gasteiger partial charge in [-0.25, -0.2) is 8.78 Å². The van der Waals surface area contributed by atoms with Crippen molar-refractivity contribution >= 4 is 5.69 Å². The summed E-state index contributed by atoms with van der Waals surface area (Å²) < 4.78 is 26.9. The van der Waals surface area contributed by atoms with E-state index in [0.717, 1.165) is 30.5 Å². The third kappa shape index (κ3) is 2.75. The number of benzene rings is 1. The molecule has 1 nitrogen and oxygen atoms in total. The fraction of sp³-hybridized carbons (Fsp3) is 0.625. The number of fused-ring (bicyclic) bond motifs is 1. The van der Waals surface area contributed by atoms with Crippen molar-refractivity contribution in [3.8, 4) is 0 Å². The van der Waals surface area contributed by atoms with Crippen LogP contribution in [0.25, 0.3) is 0 Å². The maximum absolute atomic E-state index is 13.6. The molecule has 104 valence electrons. The van der Waals surface area contributed by atoms with Crippen molar-refractivity contribution in [1.82, 2.24) is 0 Å². The predicted molar refractivity (Wildman–Crippen MR) is 73.4 cm³/mol. The van der Waals surface area contributed by atoms with E-state index >= 15 is 0 Å². The Morgan fingerprint density at radius 1 is 1.05 bits per heavy atom. The van der Waals surface area contributed by atoms with Crippen LogP contribution in [0, 0.1) is 17.6 Å². The molecule has 0 aromatic heterocycles. The molecule has 1 heterocycles. The lowest BCUT2D eigenvalue weighted by atomic mass is 9.83. The molecule has 0 saturated heterocycles. The fourth-order valence-electron chi connectivity index (χ4n) is 3.61. The minimum atomic E-state index is -0.456. The molecule has 1 saturated carbocycles. The molecule has 1 aliphatic carbocycles. The first-order valence-corrected chi connectivity index (χ1v) is 7.47. The molecule has 1 aliphatic heterocycles. The maximum Gasteiger partial charge on any atom is 0.149 e. The average molecular weight is 265 g/mol. The molecule has 19 heavy (non-hydrogen) atoms. The van der Waals surface area contributed by atoms with Crippen LogP contribution < -0.4 is 5.32 Å². The van der Waals surface area contributed by atoms with Crippen LogP contribution >= 0.6 is 0 Å². The predicted octanol–water partition coefficient (Wildman–Crippen LogP) is 4.83. The Hall–Kier alpha value is -1.12. The zero-order valence-corrected chi connectivity index (χ0v) is 11.2. The molecule has 0 amide bonds. The normalized spacial score (nSPS) is 23.2. The van der Waals surface area contributed by atoms with Gasteiger partial charge in [0.2, 0.25) is 0 Å². The number of anilines is 1. The standard InChI is InChI=1S/C16H21F2N/c17-13-8-14-12(10-19-16(14)15(18)9-13)7-6-11-4-2-1-3-5-11/h8-9,11-12,19H,1-7,10H2. The van der Waals surface area contributed by atoms with E-state index in [1.165, 1.54) is 44.6 Å². The Morgan fingerprint density at radius 3 is 2.63 bits per heavy atom. The van der Waals surface area contributed by atoms with E-state index in [9.17, 15) is 8.78 Å². The van der Waals surface area contributed by atoms with E-state index < -0.39 is 11.6 Å². The van der Waals surface area contributed by atoms with Gasteiger partial charge in [-0.1, -0.05) is 32.1 Å². The Kier molecular flexibility index (Phi) is 3.72. The molecule has 1 unspecified atom stereocenters. The number of hydrogen-bond acceptors (Lipinski definition) is 1. The molecule has 3 rings (SSSR count). The molecule has 1 aromatic rings. The van der Waals surface area contributed by atoms with E-state index in [-0.39, 0.29) is 5.92 Å². The first-order valence-electron chi connectivity index (χ1n) is 7.47. The molecule has 2 aliphatic rings. The number of nitrogens with one attached hydrogen (secondary N) is 1. The molecule has 0 spiro atoms. The Labute approximate surface area is 113 Å². The van der Waals surface area contributed by atoms with Gasteiger partial charge >= 0.3 is 0 Å². The highest BCUT2D eigenvalue weighted by molar-refractivity contribution is 5.58. The van der Waals surface area contributed by atoms with E-state index in [2.05, 4.69) is 5.32 Å². The smallest absolute Gasteiger partial charge is 0.149 e. The summed E-state index contributed by atoms with van der Waals surface area (Å²) in [5.74, 6) is 0.205. The quantitative estimate of drug-likeness (QED) is 0.825. The van der Waals surface area contributed by atoms with Crippen molar-refractivity contribution in [2.45, 2.75) is 50.9 Å². The fourth-order valence-corrected chi connectivity index (χ4v) is 3.61. The van der Waals surface area contributed by atoms with Gasteiger partial charge in [0.25, 0.3) is 0 Å². The highest BCUT2D eigenvalue weighted by atomic mass is 19.1. The lowest BCUT2D eigenvalue weighted by Gasteiger charge is -2.22. The molecule has 0 bridgehead atoms. The van der Waals surface area contributed by atoms with Crippen molar-refractivity contribution in [2.24, 2.45) is 5.92 Å². The van der Waals surface area contributed by atoms with Gasteiger partial charge in [-0.2, -0.15) is 0 Å². The van der Waals surface area contributed by atoms with E-state index in [1.54, 1.807) is 0 Å². The number of halogens is 2. The molecular weight excluding hydrogens is 244 g/mol. The lowest BCUT2D eigenvalue weighted by molar-refractivity contribution is 0.325. The highest BCUT2D eigenvalue weighted by Gasteiger charge is 2.26. The zero-order valence-electron chi connectivity index (χ0n) is 11.2. The van der Waals surface area contributed by atoms with Crippen molar-refractivity contribution in [3.05, 3.63) is 29.3 Å². The summed E-state index contributed by atoms with van der Waals surface area (Å²) in [7, 11) is 0. The van der Waals surface area contributed by atoms with Gasteiger partial charge in [-0.15, -0.1) is 0 Å². The van der Waals surface area contributed by atoms with Crippen molar-refractivity contribution in [2.75, 3.05) is 11.9 Å². The van der Waals surface area contributed by atoms with Crippen LogP contribution in [0.5, 0.6) is 0 Å². The molecule has 1 N–H and O–H groups in total. The lowest BCUT2D eigenvalue weighted by Crippen LogP contribution is -2.09. The van der Waals surface area contributed by atoms with Gasteiger partial charge in [-0.05, 0) is 30.4 Å². The number of rotatable bonds is 3. The first-order chi connectivity index (χ1) is 9.24. The summed E-state index contributed by atoms with van der Waals surface area (Å²) in [6, 6.07) is 2.47. The summed E-state index contributed by atoms with van der Waals surface area (Å²) in [6.45, 7) is 0.752. The summed E-state index contributed by atoms with van der Waals surface area (Å²) in [6.07, 6.45) is 9.01. The van der Waals surface area contributed by atoms with E-state index in [0.29, 0.717) is 5.69 Å². The maximum atomic E-state index is 13.6. The Morgan fingerprint density at radius 2 is 1.84 bits per heavy atom. The largest absolute Gasteiger partial charge is 0.382 e. The van der Waals surface area contributed by atoms with Crippen LogP contribution in [-0.2, 0) is 0 Å². The SMILES string of the molecule is Fc1cc(F)c2c(c1)C(CCC1CCCCC1)CN2. The molecule has 1 atom stereocenters. The average Bonchev–Trinajstić information content (AvgIpc) is 2.81. The van der Waals surface area contributed by atoms with Gasteiger partial charge < -0.3 is 5.32 Å². The summed E-state index contributed by atoms with van der Waals surface area (Å²) in [5, 5.41) is 3.09. The van der Waals surface area contributed by atoms with Gasteiger partial charge in [0.1, 0.15) is 11.6 Å².